The molecule has 3 nitrogen and oxygen atoms in total. The third-order valence-electron chi connectivity index (χ3n) is 1.83. The van der Waals surface area contributed by atoms with Crippen molar-refractivity contribution in [3.63, 3.8) is 0 Å². The predicted octanol–water partition coefficient (Wildman–Crippen LogP) is 2.95. The normalized spacial score (nSPS) is 10.2. The van der Waals surface area contributed by atoms with Gasteiger partial charge in [0.05, 0.1) is 23.4 Å². The molecule has 0 spiro atoms. The topological polar surface area (TPSA) is 38.3 Å². The molecule has 0 fully saturated rings. The lowest BCUT2D eigenvalue weighted by Gasteiger charge is -2.12. The van der Waals surface area contributed by atoms with Gasteiger partial charge in [0, 0.05) is 6.04 Å². The van der Waals surface area contributed by atoms with Crippen LogP contribution >= 0.6 is 11.6 Å². The summed E-state index contributed by atoms with van der Waals surface area (Å²) in [5.41, 5.74) is 1.27. The van der Waals surface area contributed by atoms with Crippen LogP contribution in [0.4, 0.5) is 5.69 Å². The third kappa shape index (κ3) is 3.13. The van der Waals surface area contributed by atoms with Gasteiger partial charge in [-0.2, -0.15) is 0 Å². The van der Waals surface area contributed by atoms with E-state index < -0.39 is 0 Å². The maximum Gasteiger partial charge on any atom is 0.337 e. The number of halogens is 1. The number of carbonyl (C=O) groups excluding carboxylic acids is 1. The van der Waals surface area contributed by atoms with Crippen LogP contribution in [0.3, 0.4) is 0 Å². The molecule has 0 unspecified atom stereocenters. The minimum absolute atomic E-state index is 0.298. The summed E-state index contributed by atoms with van der Waals surface area (Å²) >= 11 is 6.00. The second-order valence-electron chi connectivity index (χ2n) is 3.49. The zero-order chi connectivity index (χ0) is 11.4. The first-order valence-electron chi connectivity index (χ1n) is 4.69. The molecule has 15 heavy (non-hydrogen) atoms. The van der Waals surface area contributed by atoms with E-state index in [0.29, 0.717) is 16.6 Å². The number of carbonyl (C=O) groups is 1. The van der Waals surface area contributed by atoms with Crippen LogP contribution in [-0.4, -0.2) is 19.1 Å². The number of ether oxygens (including phenoxy) is 1. The van der Waals surface area contributed by atoms with Gasteiger partial charge in [0.15, 0.2) is 0 Å². The van der Waals surface area contributed by atoms with Crippen molar-refractivity contribution in [2.24, 2.45) is 0 Å². The molecule has 1 N–H and O–H groups in total. The summed E-state index contributed by atoms with van der Waals surface area (Å²) in [5.74, 6) is -0.381. The molecule has 0 aliphatic carbocycles. The maximum absolute atomic E-state index is 11.2. The molecule has 0 aromatic heterocycles. The van der Waals surface area contributed by atoms with Gasteiger partial charge in [0.1, 0.15) is 0 Å². The fourth-order valence-electron chi connectivity index (χ4n) is 1.19. The molecule has 82 valence electrons. The summed E-state index contributed by atoms with van der Waals surface area (Å²) in [5, 5.41) is 3.69. The fraction of sp³-hybridized carbons (Fsp3) is 0.364. The van der Waals surface area contributed by atoms with Gasteiger partial charge in [-0.3, -0.25) is 0 Å². The van der Waals surface area contributed by atoms with Crippen molar-refractivity contribution in [2.75, 3.05) is 12.4 Å². The van der Waals surface area contributed by atoms with Gasteiger partial charge in [-0.15, -0.1) is 0 Å². The van der Waals surface area contributed by atoms with E-state index in [1.165, 1.54) is 7.11 Å². The van der Waals surface area contributed by atoms with Crippen molar-refractivity contribution in [1.82, 2.24) is 0 Å². The molecule has 1 rings (SSSR count). The molecule has 0 saturated heterocycles. The molecule has 0 bridgehead atoms. The Hall–Kier alpha value is -1.22. The molecule has 0 radical (unpaired) electrons. The number of esters is 1. The molecule has 0 atom stereocenters. The van der Waals surface area contributed by atoms with Gasteiger partial charge in [0.25, 0.3) is 0 Å². The second-order valence-corrected chi connectivity index (χ2v) is 3.89. The molecule has 0 aliphatic heterocycles. The monoisotopic (exact) mass is 227 g/mol. The second kappa shape index (κ2) is 5.03. The number of rotatable bonds is 3. The Morgan fingerprint density at radius 3 is 2.60 bits per heavy atom. The van der Waals surface area contributed by atoms with Crippen LogP contribution < -0.4 is 5.32 Å². The third-order valence-corrected chi connectivity index (χ3v) is 2.15. The highest BCUT2D eigenvalue weighted by atomic mass is 35.5. The van der Waals surface area contributed by atoms with Crippen molar-refractivity contribution in [1.29, 1.82) is 0 Å². The lowest BCUT2D eigenvalue weighted by molar-refractivity contribution is 0.0601. The molecule has 0 aliphatic rings. The van der Waals surface area contributed by atoms with E-state index >= 15 is 0 Å². The van der Waals surface area contributed by atoms with Crippen molar-refractivity contribution in [2.45, 2.75) is 19.9 Å². The summed E-state index contributed by atoms with van der Waals surface area (Å²) in [4.78, 5) is 11.2. The standard InChI is InChI=1S/C11H14ClNO2/c1-7(2)13-10-5-4-8(6-9(10)12)11(14)15-3/h4-7,13H,1-3H3. The first-order chi connectivity index (χ1) is 7.04. The lowest BCUT2D eigenvalue weighted by atomic mass is 10.2. The summed E-state index contributed by atoms with van der Waals surface area (Å²) in [7, 11) is 1.34. The molecule has 1 aromatic carbocycles. The molecule has 0 heterocycles. The Bertz CT molecular complexity index is 364. The quantitative estimate of drug-likeness (QED) is 0.807. The minimum Gasteiger partial charge on any atom is -0.465 e. The van der Waals surface area contributed by atoms with Gasteiger partial charge in [-0.05, 0) is 32.0 Å². The van der Waals surface area contributed by atoms with E-state index in [-0.39, 0.29) is 5.97 Å². The van der Waals surface area contributed by atoms with Crippen molar-refractivity contribution in [3.05, 3.63) is 28.8 Å². The Morgan fingerprint density at radius 1 is 1.47 bits per heavy atom. The average Bonchev–Trinajstić information content (AvgIpc) is 2.19. The van der Waals surface area contributed by atoms with E-state index in [1.807, 2.05) is 13.8 Å². The first kappa shape index (κ1) is 11.9. The van der Waals surface area contributed by atoms with Crippen LogP contribution in [0.2, 0.25) is 5.02 Å². The molecule has 0 saturated carbocycles. The number of hydrogen-bond acceptors (Lipinski definition) is 3. The highest BCUT2D eigenvalue weighted by molar-refractivity contribution is 6.33. The molecular formula is C11H14ClNO2. The van der Waals surface area contributed by atoms with Gasteiger partial charge < -0.3 is 10.1 Å². The fourth-order valence-corrected chi connectivity index (χ4v) is 1.42. The molecule has 0 amide bonds. The summed E-state index contributed by atoms with van der Waals surface area (Å²) in [6, 6.07) is 5.35. The summed E-state index contributed by atoms with van der Waals surface area (Å²) < 4.78 is 4.59. The minimum atomic E-state index is -0.381. The zero-order valence-corrected chi connectivity index (χ0v) is 9.76. The van der Waals surface area contributed by atoms with E-state index in [9.17, 15) is 4.79 Å². The van der Waals surface area contributed by atoms with Gasteiger partial charge >= 0.3 is 5.97 Å². The van der Waals surface area contributed by atoms with E-state index in [4.69, 9.17) is 11.6 Å². The van der Waals surface area contributed by atoms with E-state index in [0.717, 1.165) is 5.69 Å². The van der Waals surface area contributed by atoms with Crippen molar-refractivity contribution >= 4 is 23.3 Å². The van der Waals surface area contributed by atoms with Crippen LogP contribution in [0.25, 0.3) is 0 Å². The highest BCUT2D eigenvalue weighted by Crippen LogP contribution is 2.23. The molecular weight excluding hydrogens is 214 g/mol. The van der Waals surface area contributed by atoms with Crippen LogP contribution in [0, 0.1) is 0 Å². The molecule has 4 heteroatoms. The maximum atomic E-state index is 11.2. The number of nitrogens with one attached hydrogen (secondary N) is 1. The van der Waals surface area contributed by atoms with Crippen molar-refractivity contribution < 1.29 is 9.53 Å². The predicted molar refractivity (Wildman–Crippen MR) is 61.6 cm³/mol. The highest BCUT2D eigenvalue weighted by Gasteiger charge is 2.08. The summed E-state index contributed by atoms with van der Waals surface area (Å²) in [6.45, 7) is 4.04. The SMILES string of the molecule is COC(=O)c1ccc(NC(C)C)c(Cl)c1. The largest absolute Gasteiger partial charge is 0.465 e. The average molecular weight is 228 g/mol. The number of hydrogen-bond donors (Lipinski definition) is 1. The summed E-state index contributed by atoms with van der Waals surface area (Å²) in [6.07, 6.45) is 0. The Morgan fingerprint density at radius 2 is 2.13 bits per heavy atom. The zero-order valence-electron chi connectivity index (χ0n) is 9.00. The lowest BCUT2D eigenvalue weighted by Crippen LogP contribution is -2.10. The van der Waals surface area contributed by atoms with Gasteiger partial charge in [-0.1, -0.05) is 11.6 Å². The van der Waals surface area contributed by atoms with E-state index in [2.05, 4.69) is 10.1 Å². The Labute approximate surface area is 94.4 Å². The smallest absolute Gasteiger partial charge is 0.337 e. The Kier molecular flexibility index (Phi) is 3.97. The first-order valence-corrected chi connectivity index (χ1v) is 5.06. The van der Waals surface area contributed by atoms with Crippen LogP contribution in [-0.2, 0) is 4.74 Å². The van der Waals surface area contributed by atoms with Crippen LogP contribution in [0.15, 0.2) is 18.2 Å². The van der Waals surface area contributed by atoms with Gasteiger partial charge in [0.2, 0.25) is 0 Å². The van der Waals surface area contributed by atoms with Crippen LogP contribution in [0.5, 0.6) is 0 Å². The Balaban J connectivity index is 2.93. The van der Waals surface area contributed by atoms with E-state index in [1.54, 1.807) is 18.2 Å². The molecule has 1 aromatic rings. The van der Waals surface area contributed by atoms with Crippen molar-refractivity contribution in [3.8, 4) is 0 Å². The van der Waals surface area contributed by atoms with Crippen LogP contribution in [0.1, 0.15) is 24.2 Å². The van der Waals surface area contributed by atoms with Gasteiger partial charge in [-0.25, -0.2) is 4.79 Å². The number of anilines is 1. The number of benzene rings is 1. The number of methoxy groups -OCH3 is 1.